The first-order valence-electron chi connectivity index (χ1n) is 7.35. The van der Waals surface area contributed by atoms with Gasteiger partial charge >= 0.3 is 12.0 Å². The van der Waals surface area contributed by atoms with Crippen molar-refractivity contribution in [1.29, 1.82) is 0 Å². The van der Waals surface area contributed by atoms with Gasteiger partial charge in [-0.1, -0.05) is 12.8 Å². The average molecular weight is 286 g/mol. The zero-order valence-corrected chi connectivity index (χ0v) is 12.3. The van der Waals surface area contributed by atoms with Crippen molar-refractivity contribution < 1.29 is 19.8 Å². The lowest BCUT2D eigenvalue weighted by Gasteiger charge is -2.35. The molecule has 0 aromatic heterocycles. The Bertz CT molecular complexity index is 335. The van der Waals surface area contributed by atoms with Gasteiger partial charge in [0, 0.05) is 19.5 Å². The molecule has 116 valence electrons. The van der Waals surface area contributed by atoms with Crippen LogP contribution in [0.1, 0.15) is 51.9 Å². The minimum absolute atomic E-state index is 0.0648. The number of nitrogens with one attached hydrogen (secondary N) is 1. The van der Waals surface area contributed by atoms with Crippen LogP contribution in [0.4, 0.5) is 4.79 Å². The summed E-state index contributed by atoms with van der Waals surface area (Å²) in [6.45, 7) is 1.87. The van der Waals surface area contributed by atoms with Crippen LogP contribution in [0, 0.1) is 0 Å². The topological polar surface area (TPSA) is 89.9 Å². The van der Waals surface area contributed by atoms with E-state index in [0.717, 1.165) is 25.7 Å². The standard InChI is InChI=1S/C14H26N2O4/c1-10(6-5-9-13(18)19)15-14(20)16(2)11-7-3-4-8-12(11)17/h10-12,17H,3-9H2,1-2H3,(H,15,20)(H,18,19). The van der Waals surface area contributed by atoms with Crippen molar-refractivity contribution in [3.8, 4) is 0 Å². The van der Waals surface area contributed by atoms with Crippen molar-refractivity contribution in [2.75, 3.05) is 7.05 Å². The van der Waals surface area contributed by atoms with Gasteiger partial charge in [0.2, 0.25) is 0 Å². The summed E-state index contributed by atoms with van der Waals surface area (Å²) in [7, 11) is 1.71. The number of aliphatic hydroxyl groups excluding tert-OH is 1. The van der Waals surface area contributed by atoms with Crippen molar-refractivity contribution in [3.05, 3.63) is 0 Å². The van der Waals surface area contributed by atoms with Crippen molar-refractivity contribution in [2.45, 2.75) is 70.1 Å². The molecule has 3 atom stereocenters. The molecule has 0 saturated heterocycles. The van der Waals surface area contributed by atoms with Crippen LogP contribution in [-0.4, -0.2) is 52.3 Å². The zero-order chi connectivity index (χ0) is 15.1. The van der Waals surface area contributed by atoms with Gasteiger partial charge < -0.3 is 20.4 Å². The van der Waals surface area contributed by atoms with Crippen LogP contribution in [0.5, 0.6) is 0 Å². The van der Waals surface area contributed by atoms with E-state index in [2.05, 4.69) is 5.32 Å². The third-order valence-electron chi connectivity index (χ3n) is 3.91. The van der Waals surface area contributed by atoms with Crippen molar-refractivity contribution >= 4 is 12.0 Å². The highest BCUT2D eigenvalue weighted by molar-refractivity contribution is 5.74. The van der Waals surface area contributed by atoms with E-state index in [1.54, 1.807) is 11.9 Å². The number of urea groups is 1. The van der Waals surface area contributed by atoms with Gasteiger partial charge in [0.1, 0.15) is 0 Å². The van der Waals surface area contributed by atoms with Gasteiger partial charge in [-0.2, -0.15) is 0 Å². The summed E-state index contributed by atoms with van der Waals surface area (Å²) in [5.41, 5.74) is 0. The Balaban J connectivity index is 2.34. The number of hydrogen-bond donors (Lipinski definition) is 3. The molecular weight excluding hydrogens is 260 g/mol. The SMILES string of the molecule is CC(CCCC(=O)O)NC(=O)N(C)C1CCCCC1O. The molecule has 0 radical (unpaired) electrons. The second kappa shape index (κ2) is 8.09. The Morgan fingerprint density at radius 2 is 2.00 bits per heavy atom. The summed E-state index contributed by atoms with van der Waals surface area (Å²) in [6.07, 6.45) is 4.49. The van der Waals surface area contributed by atoms with Crippen molar-refractivity contribution in [2.24, 2.45) is 0 Å². The van der Waals surface area contributed by atoms with Gasteiger partial charge in [-0.25, -0.2) is 4.79 Å². The second-order valence-corrected chi connectivity index (χ2v) is 5.67. The molecule has 0 bridgehead atoms. The predicted octanol–water partition coefficient (Wildman–Crippen LogP) is 1.57. The monoisotopic (exact) mass is 286 g/mol. The van der Waals surface area contributed by atoms with Crippen LogP contribution >= 0.6 is 0 Å². The molecule has 1 saturated carbocycles. The van der Waals surface area contributed by atoms with E-state index in [9.17, 15) is 14.7 Å². The van der Waals surface area contributed by atoms with Crippen LogP contribution < -0.4 is 5.32 Å². The van der Waals surface area contributed by atoms with E-state index in [4.69, 9.17) is 5.11 Å². The first-order chi connectivity index (χ1) is 9.41. The summed E-state index contributed by atoms with van der Waals surface area (Å²) in [4.78, 5) is 24.1. The number of hydrogen-bond acceptors (Lipinski definition) is 3. The van der Waals surface area contributed by atoms with E-state index in [0.29, 0.717) is 12.8 Å². The molecule has 1 rings (SSSR count). The van der Waals surface area contributed by atoms with Gasteiger partial charge in [-0.3, -0.25) is 4.79 Å². The Hall–Kier alpha value is -1.30. The first-order valence-corrected chi connectivity index (χ1v) is 7.35. The number of carbonyl (C=O) groups excluding carboxylic acids is 1. The molecule has 2 amide bonds. The molecule has 6 nitrogen and oxygen atoms in total. The van der Waals surface area contributed by atoms with E-state index in [-0.39, 0.29) is 24.5 Å². The minimum atomic E-state index is -0.814. The zero-order valence-electron chi connectivity index (χ0n) is 12.3. The summed E-state index contributed by atoms with van der Waals surface area (Å²) in [6, 6.07) is -0.376. The van der Waals surface area contributed by atoms with E-state index in [1.165, 1.54) is 0 Å². The summed E-state index contributed by atoms with van der Waals surface area (Å²) >= 11 is 0. The molecule has 0 aromatic rings. The smallest absolute Gasteiger partial charge is 0.317 e. The maximum atomic E-state index is 12.1. The lowest BCUT2D eigenvalue weighted by molar-refractivity contribution is -0.137. The van der Waals surface area contributed by atoms with Gasteiger partial charge in [-0.05, 0) is 32.6 Å². The number of carboxylic acid groups (broad SMARTS) is 1. The Labute approximate surface area is 120 Å². The number of amides is 2. The number of carboxylic acids is 1. The highest BCUT2D eigenvalue weighted by Crippen LogP contribution is 2.22. The van der Waals surface area contributed by atoms with Crippen molar-refractivity contribution in [1.82, 2.24) is 10.2 Å². The van der Waals surface area contributed by atoms with Gasteiger partial charge in [0.05, 0.1) is 12.1 Å². The highest BCUT2D eigenvalue weighted by Gasteiger charge is 2.29. The molecule has 20 heavy (non-hydrogen) atoms. The number of aliphatic carboxylic acids is 1. The van der Waals surface area contributed by atoms with Crippen molar-refractivity contribution in [3.63, 3.8) is 0 Å². The van der Waals surface area contributed by atoms with Gasteiger partial charge in [0.25, 0.3) is 0 Å². The fraction of sp³-hybridized carbons (Fsp3) is 0.857. The number of aliphatic hydroxyl groups is 1. The number of likely N-dealkylation sites (N-methyl/N-ethyl adjacent to an activating group) is 1. The molecule has 1 fully saturated rings. The van der Waals surface area contributed by atoms with Crippen LogP contribution in [-0.2, 0) is 4.79 Å². The Kier molecular flexibility index (Phi) is 6.78. The summed E-state index contributed by atoms with van der Waals surface area (Å²) in [5.74, 6) is -0.814. The van der Waals surface area contributed by atoms with E-state index in [1.807, 2.05) is 6.92 Å². The maximum Gasteiger partial charge on any atom is 0.317 e. The molecule has 3 unspecified atom stereocenters. The molecule has 6 heteroatoms. The molecular formula is C14H26N2O4. The quantitative estimate of drug-likeness (QED) is 0.691. The molecule has 0 aromatic carbocycles. The lowest BCUT2D eigenvalue weighted by atomic mass is 9.92. The average Bonchev–Trinajstić information content (AvgIpc) is 2.38. The predicted molar refractivity (Wildman–Crippen MR) is 75.5 cm³/mol. The third-order valence-corrected chi connectivity index (χ3v) is 3.91. The third kappa shape index (κ3) is 5.36. The normalized spacial score (nSPS) is 23.9. The summed E-state index contributed by atoms with van der Waals surface area (Å²) < 4.78 is 0. The molecule has 0 heterocycles. The van der Waals surface area contributed by atoms with Crippen LogP contribution in [0.25, 0.3) is 0 Å². The number of rotatable bonds is 6. The fourth-order valence-electron chi connectivity index (χ4n) is 2.64. The lowest BCUT2D eigenvalue weighted by Crippen LogP contribution is -2.51. The molecule has 3 N–H and O–H groups in total. The van der Waals surface area contributed by atoms with E-state index < -0.39 is 12.1 Å². The Morgan fingerprint density at radius 1 is 1.35 bits per heavy atom. The van der Waals surface area contributed by atoms with Crippen LogP contribution in [0.2, 0.25) is 0 Å². The first kappa shape index (κ1) is 16.8. The summed E-state index contributed by atoms with van der Waals surface area (Å²) in [5, 5.41) is 21.4. The maximum absolute atomic E-state index is 12.1. The number of nitrogens with zero attached hydrogens (tertiary/aromatic N) is 1. The fourth-order valence-corrected chi connectivity index (χ4v) is 2.64. The van der Waals surface area contributed by atoms with Gasteiger partial charge in [0.15, 0.2) is 0 Å². The van der Waals surface area contributed by atoms with Gasteiger partial charge in [-0.15, -0.1) is 0 Å². The highest BCUT2D eigenvalue weighted by atomic mass is 16.4. The largest absolute Gasteiger partial charge is 0.481 e. The second-order valence-electron chi connectivity index (χ2n) is 5.67. The van der Waals surface area contributed by atoms with Crippen LogP contribution in [0.15, 0.2) is 0 Å². The van der Waals surface area contributed by atoms with Crippen LogP contribution in [0.3, 0.4) is 0 Å². The molecule has 0 spiro atoms. The Morgan fingerprint density at radius 3 is 2.60 bits per heavy atom. The van der Waals surface area contributed by atoms with E-state index >= 15 is 0 Å². The molecule has 0 aliphatic heterocycles. The minimum Gasteiger partial charge on any atom is -0.481 e. The molecule has 1 aliphatic rings. The number of carbonyl (C=O) groups is 2. The molecule has 1 aliphatic carbocycles.